The van der Waals surface area contributed by atoms with E-state index in [0.29, 0.717) is 36.8 Å². The SMILES string of the molecule is NCC(O)CNc1cc(CCc2cccc(NCc3cccc(F)c3)n2)c(Cl)cn1. The van der Waals surface area contributed by atoms with E-state index in [2.05, 4.69) is 20.6 Å². The van der Waals surface area contributed by atoms with Gasteiger partial charge in [-0.3, -0.25) is 0 Å². The third-order valence-electron chi connectivity index (χ3n) is 4.55. The van der Waals surface area contributed by atoms with Crippen LogP contribution >= 0.6 is 11.6 Å². The van der Waals surface area contributed by atoms with Gasteiger partial charge >= 0.3 is 0 Å². The van der Waals surface area contributed by atoms with Crippen LogP contribution in [0.5, 0.6) is 0 Å². The maximum Gasteiger partial charge on any atom is 0.126 e. The van der Waals surface area contributed by atoms with Crippen molar-refractivity contribution >= 4 is 23.2 Å². The molecule has 0 amide bonds. The second-order valence-corrected chi connectivity index (χ2v) is 7.34. The molecule has 8 heteroatoms. The van der Waals surface area contributed by atoms with Gasteiger partial charge in [0.05, 0.1) is 11.1 Å². The first-order valence-electron chi connectivity index (χ1n) is 9.74. The largest absolute Gasteiger partial charge is 0.390 e. The summed E-state index contributed by atoms with van der Waals surface area (Å²) in [5, 5.41) is 16.4. The highest BCUT2D eigenvalue weighted by Crippen LogP contribution is 2.20. The van der Waals surface area contributed by atoms with Crippen LogP contribution in [-0.4, -0.2) is 34.3 Å². The van der Waals surface area contributed by atoms with Gasteiger partial charge in [-0.15, -0.1) is 0 Å². The van der Waals surface area contributed by atoms with Gasteiger partial charge in [0.25, 0.3) is 0 Å². The number of hydrogen-bond acceptors (Lipinski definition) is 6. The summed E-state index contributed by atoms with van der Waals surface area (Å²) in [4.78, 5) is 8.85. The van der Waals surface area contributed by atoms with Gasteiger partial charge in [-0.05, 0) is 54.3 Å². The van der Waals surface area contributed by atoms with Gasteiger partial charge in [0, 0.05) is 31.5 Å². The molecular weight excluding hydrogens is 405 g/mol. The Morgan fingerprint density at radius 2 is 1.90 bits per heavy atom. The zero-order valence-electron chi connectivity index (χ0n) is 16.5. The van der Waals surface area contributed by atoms with E-state index in [9.17, 15) is 9.50 Å². The first kappa shape index (κ1) is 22.0. The van der Waals surface area contributed by atoms with E-state index < -0.39 is 6.10 Å². The van der Waals surface area contributed by atoms with Crippen molar-refractivity contribution in [3.63, 3.8) is 0 Å². The maximum atomic E-state index is 13.3. The van der Waals surface area contributed by atoms with Crippen LogP contribution in [0.3, 0.4) is 0 Å². The molecule has 1 unspecified atom stereocenters. The smallest absolute Gasteiger partial charge is 0.126 e. The van der Waals surface area contributed by atoms with E-state index in [1.54, 1.807) is 12.3 Å². The highest BCUT2D eigenvalue weighted by Gasteiger charge is 2.07. The molecule has 0 radical (unpaired) electrons. The number of aromatic nitrogens is 2. The van der Waals surface area contributed by atoms with E-state index in [1.807, 2.05) is 30.3 Å². The minimum atomic E-state index is -0.627. The van der Waals surface area contributed by atoms with Gasteiger partial charge in [0.15, 0.2) is 0 Å². The van der Waals surface area contributed by atoms with Crippen LogP contribution in [-0.2, 0) is 19.4 Å². The molecule has 30 heavy (non-hydrogen) atoms. The van der Waals surface area contributed by atoms with Gasteiger partial charge in [-0.25, -0.2) is 14.4 Å². The zero-order valence-corrected chi connectivity index (χ0v) is 17.2. The van der Waals surface area contributed by atoms with Crippen LogP contribution in [0.25, 0.3) is 0 Å². The average Bonchev–Trinajstić information content (AvgIpc) is 2.76. The van der Waals surface area contributed by atoms with Crippen molar-refractivity contribution in [3.05, 3.63) is 82.4 Å². The van der Waals surface area contributed by atoms with Crippen molar-refractivity contribution < 1.29 is 9.50 Å². The number of benzene rings is 1. The number of aliphatic hydroxyl groups excluding tert-OH is 1. The second-order valence-electron chi connectivity index (χ2n) is 6.93. The van der Waals surface area contributed by atoms with Crippen molar-refractivity contribution in [2.24, 2.45) is 5.73 Å². The molecular formula is C22H25ClFN5O. The minimum absolute atomic E-state index is 0.183. The monoisotopic (exact) mass is 429 g/mol. The molecule has 2 aromatic heterocycles. The van der Waals surface area contributed by atoms with E-state index >= 15 is 0 Å². The van der Waals surface area contributed by atoms with Gasteiger partial charge in [0.2, 0.25) is 0 Å². The van der Waals surface area contributed by atoms with Crippen LogP contribution in [0, 0.1) is 5.82 Å². The lowest BCUT2D eigenvalue weighted by atomic mass is 10.1. The number of nitrogens with zero attached hydrogens (tertiary/aromatic N) is 2. The molecule has 0 spiro atoms. The first-order valence-corrected chi connectivity index (χ1v) is 10.1. The number of aliphatic hydroxyl groups is 1. The van der Waals surface area contributed by atoms with Gasteiger partial charge in [-0.2, -0.15) is 0 Å². The van der Waals surface area contributed by atoms with Crippen LogP contribution in [0.1, 0.15) is 16.8 Å². The number of nitrogens with two attached hydrogens (primary N) is 1. The molecule has 5 N–H and O–H groups in total. The fourth-order valence-electron chi connectivity index (χ4n) is 2.89. The third-order valence-corrected chi connectivity index (χ3v) is 4.89. The highest BCUT2D eigenvalue weighted by molar-refractivity contribution is 6.31. The molecule has 2 heterocycles. The summed E-state index contributed by atoms with van der Waals surface area (Å²) < 4.78 is 13.3. The molecule has 0 fully saturated rings. The number of rotatable bonds is 10. The molecule has 3 aromatic rings. The highest BCUT2D eigenvalue weighted by atomic mass is 35.5. The summed E-state index contributed by atoms with van der Waals surface area (Å²) in [6.07, 6.45) is 2.36. The molecule has 6 nitrogen and oxygen atoms in total. The lowest BCUT2D eigenvalue weighted by Gasteiger charge is -2.12. The van der Waals surface area contributed by atoms with Crippen LogP contribution in [0.2, 0.25) is 5.02 Å². The van der Waals surface area contributed by atoms with Crippen molar-refractivity contribution in [2.75, 3.05) is 23.7 Å². The zero-order chi connectivity index (χ0) is 21.3. The Bertz CT molecular complexity index is 972. The summed E-state index contributed by atoms with van der Waals surface area (Å²) in [7, 11) is 0. The van der Waals surface area contributed by atoms with E-state index in [4.69, 9.17) is 17.3 Å². The van der Waals surface area contributed by atoms with Gasteiger partial charge in [0.1, 0.15) is 17.5 Å². The molecule has 1 atom stereocenters. The van der Waals surface area contributed by atoms with Crippen LogP contribution in [0.15, 0.2) is 54.7 Å². The van der Waals surface area contributed by atoms with Crippen molar-refractivity contribution in [1.29, 1.82) is 0 Å². The fraction of sp³-hybridized carbons (Fsp3) is 0.273. The second kappa shape index (κ2) is 10.9. The molecule has 0 aliphatic heterocycles. The fourth-order valence-corrected chi connectivity index (χ4v) is 3.09. The summed E-state index contributed by atoms with van der Waals surface area (Å²) >= 11 is 6.29. The molecule has 1 aromatic carbocycles. The minimum Gasteiger partial charge on any atom is -0.390 e. The lowest BCUT2D eigenvalue weighted by Crippen LogP contribution is -2.28. The Morgan fingerprint density at radius 1 is 1.07 bits per heavy atom. The summed E-state index contributed by atoms with van der Waals surface area (Å²) in [5.74, 6) is 1.12. The van der Waals surface area contributed by atoms with Gasteiger partial charge < -0.3 is 21.5 Å². The third kappa shape index (κ3) is 6.66. The van der Waals surface area contributed by atoms with E-state index in [1.165, 1.54) is 12.1 Å². The number of halogens is 2. The van der Waals surface area contributed by atoms with E-state index in [0.717, 1.165) is 22.6 Å². The molecule has 0 bridgehead atoms. The molecule has 0 aliphatic rings. The van der Waals surface area contributed by atoms with E-state index in [-0.39, 0.29) is 12.4 Å². The standard InChI is InChI=1S/C22H25ClFN5O/c23-20-14-28-22(27-13-19(30)11-25)10-16(20)7-8-18-5-2-6-21(29-18)26-12-15-3-1-4-17(24)9-15/h1-6,9-10,14,19,30H,7-8,11-13,25H2,(H,26,29)(H,27,28). The Kier molecular flexibility index (Phi) is 7.96. The van der Waals surface area contributed by atoms with Gasteiger partial charge in [-0.1, -0.05) is 29.8 Å². The predicted octanol–water partition coefficient (Wildman–Crippen LogP) is 3.40. The van der Waals surface area contributed by atoms with Crippen molar-refractivity contribution in [3.8, 4) is 0 Å². The quantitative estimate of drug-likeness (QED) is 0.394. The number of aryl methyl sites for hydroxylation is 2. The summed E-state index contributed by atoms with van der Waals surface area (Å²) in [5.41, 5.74) is 8.13. The number of nitrogens with one attached hydrogen (secondary N) is 2. The molecule has 0 saturated heterocycles. The molecule has 158 valence electrons. The Balaban J connectivity index is 1.58. The molecule has 3 rings (SSSR count). The maximum absolute atomic E-state index is 13.3. The first-order chi connectivity index (χ1) is 14.5. The number of pyridine rings is 2. The summed E-state index contributed by atoms with van der Waals surface area (Å²) in [6, 6.07) is 14.1. The van der Waals surface area contributed by atoms with Crippen molar-refractivity contribution in [1.82, 2.24) is 9.97 Å². The summed E-state index contributed by atoms with van der Waals surface area (Å²) in [6.45, 7) is 1.00. The normalized spacial score (nSPS) is 11.9. The molecule has 0 aliphatic carbocycles. The van der Waals surface area contributed by atoms with Crippen LogP contribution < -0.4 is 16.4 Å². The topological polar surface area (TPSA) is 96.1 Å². The number of anilines is 2. The lowest BCUT2D eigenvalue weighted by molar-refractivity contribution is 0.196. The van der Waals surface area contributed by atoms with Crippen molar-refractivity contribution in [2.45, 2.75) is 25.5 Å². The Morgan fingerprint density at radius 3 is 2.70 bits per heavy atom. The van der Waals surface area contributed by atoms with Crippen LogP contribution in [0.4, 0.5) is 16.0 Å². The Labute approximate surface area is 180 Å². The Hall–Kier alpha value is -2.74. The average molecular weight is 430 g/mol. The number of hydrogen-bond donors (Lipinski definition) is 4. The molecule has 0 saturated carbocycles. The predicted molar refractivity (Wildman–Crippen MR) is 118 cm³/mol.